The molecule has 0 aliphatic heterocycles. The maximum atomic E-state index is 8.18. The second-order valence-electron chi connectivity index (χ2n) is 8.39. The predicted molar refractivity (Wildman–Crippen MR) is 149 cm³/mol. The first-order chi connectivity index (χ1) is 19.3. The van der Waals surface area contributed by atoms with Gasteiger partial charge >= 0.3 is 0 Å². The average molecular weight is 679 g/mol. The van der Waals surface area contributed by atoms with E-state index in [4.69, 9.17) is 9.90 Å². The third-order valence-corrected chi connectivity index (χ3v) is 6.81. The molecule has 183 valence electrons. The Balaban J connectivity index is 0.000000204. The topological polar surface area (TPSA) is 38.9 Å². The first-order valence-corrected chi connectivity index (χ1v) is 12.2. The molecule has 7 rings (SSSR count). The Labute approximate surface area is 238 Å². The molecule has 0 bridgehead atoms. The van der Waals surface area contributed by atoms with Crippen LogP contribution in [0, 0.1) is 26.0 Å². The Bertz CT molecular complexity index is 2020. The van der Waals surface area contributed by atoms with Gasteiger partial charge in [0.1, 0.15) is 5.58 Å². The fourth-order valence-electron chi connectivity index (χ4n) is 4.11. The van der Waals surface area contributed by atoms with Crippen molar-refractivity contribution in [2.75, 3.05) is 0 Å². The fourth-order valence-corrected chi connectivity index (χ4v) is 5.06. The van der Waals surface area contributed by atoms with E-state index >= 15 is 0 Å². The molecule has 4 heterocycles. The van der Waals surface area contributed by atoms with E-state index in [1.54, 1.807) is 17.4 Å². The van der Waals surface area contributed by atoms with E-state index in [9.17, 15) is 0 Å². The number of rotatable bonds is 2. The molecule has 0 atom stereocenters. The molecule has 37 heavy (non-hydrogen) atoms. The third-order valence-electron chi connectivity index (χ3n) is 5.79. The number of hydrogen-bond acceptors (Lipinski definition) is 4. The molecule has 0 saturated carbocycles. The van der Waals surface area contributed by atoms with Crippen LogP contribution in [-0.2, 0) is 20.1 Å². The molecule has 7 aromatic rings. The SMILES string of the molecule is Cc1ccc(-c2[c-]cccc2)nc1.[2H]c1nc(-c2[c-]ccc3c2oc2cc4cc(C)sc4cc23)c([2H])c([2H])c1[2H].[Ir]. The summed E-state index contributed by atoms with van der Waals surface area (Å²) in [5.74, 6) is 0. The van der Waals surface area contributed by atoms with Gasteiger partial charge in [-0.05, 0) is 60.4 Å². The minimum absolute atomic E-state index is 0. The Hall–Kier alpha value is -3.63. The van der Waals surface area contributed by atoms with E-state index in [-0.39, 0.29) is 50.1 Å². The van der Waals surface area contributed by atoms with E-state index in [1.165, 1.54) is 15.1 Å². The van der Waals surface area contributed by atoms with Crippen molar-refractivity contribution in [1.29, 1.82) is 0 Å². The number of aryl methyl sites for hydroxylation is 2. The Morgan fingerprint density at radius 2 is 1.81 bits per heavy atom. The zero-order chi connectivity index (χ0) is 28.0. The molecule has 3 nitrogen and oxygen atoms in total. The number of hydrogen-bond donors (Lipinski definition) is 0. The molecule has 4 aromatic heterocycles. The molecule has 0 amide bonds. The summed E-state index contributed by atoms with van der Waals surface area (Å²) in [5, 5.41) is 2.96. The van der Waals surface area contributed by atoms with E-state index in [0.717, 1.165) is 33.0 Å². The van der Waals surface area contributed by atoms with Gasteiger partial charge in [0.15, 0.2) is 0 Å². The molecular formula is C32H22IrN2OS-2. The minimum atomic E-state index is -0.351. The molecule has 0 saturated heterocycles. The molecule has 1 radical (unpaired) electrons. The van der Waals surface area contributed by atoms with Crippen molar-refractivity contribution < 1.29 is 30.0 Å². The molecule has 0 unspecified atom stereocenters. The molecule has 5 heteroatoms. The summed E-state index contributed by atoms with van der Waals surface area (Å²) in [6.45, 7) is 4.11. The van der Waals surface area contributed by atoms with Gasteiger partial charge in [-0.15, -0.1) is 65.4 Å². The molecule has 0 aliphatic carbocycles. The minimum Gasteiger partial charge on any atom is -0.501 e. The monoisotopic (exact) mass is 679 g/mol. The summed E-state index contributed by atoms with van der Waals surface area (Å²) in [4.78, 5) is 9.62. The van der Waals surface area contributed by atoms with Crippen molar-refractivity contribution in [3.63, 3.8) is 0 Å². The van der Waals surface area contributed by atoms with Crippen LogP contribution >= 0.6 is 11.3 Å². The van der Waals surface area contributed by atoms with Gasteiger partial charge < -0.3 is 14.4 Å². The van der Waals surface area contributed by atoms with Crippen LogP contribution in [0.1, 0.15) is 15.9 Å². The van der Waals surface area contributed by atoms with Crippen molar-refractivity contribution in [1.82, 2.24) is 9.97 Å². The summed E-state index contributed by atoms with van der Waals surface area (Å²) in [6, 6.07) is 27.1. The van der Waals surface area contributed by atoms with Crippen LogP contribution in [0.3, 0.4) is 0 Å². The van der Waals surface area contributed by atoms with Crippen LogP contribution in [0.4, 0.5) is 0 Å². The van der Waals surface area contributed by atoms with Crippen molar-refractivity contribution in [2.24, 2.45) is 0 Å². The van der Waals surface area contributed by atoms with Gasteiger partial charge in [0.25, 0.3) is 0 Å². The zero-order valence-electron chi connectivity index (χ0n) is 24.0. The van der Waals surface area contributed by atoms with Crippen molar-refractivity contribution >= 4 is 43.4 Å². The summed E-state index contributed by atoms with van der Waals surface area (Å²) in [7, 11) is 0. The number of pyridine rings is 2. The van der Waals surface area contributed by atoms with Gasteiger partial charge in [-0.2, -0.15) is 0 Å². The number of nitrogens with zero attached hydrogens (tertiary/aromatic N) is 2. The van der Waals surface area contributed by atoms with Crippen LogP contribution in [0.25, 0.3) is 54.5 Å². The first kappa shape index (κ1) is 20.4. The average Bonchev–Trinajstić information content (AvgIpc) is 3.52. The predicted octanol–water partition coefficient (Wildman–Crippen LogP) is 8.83. The van der Waals surface area contributed by atoms with Crippen LogP contribution in [-0.4, -0.2) is 9.97 Å². The molecule has 3 aromatic carbocycles. The standard InChI is InChI=1S/C20H12NOS.C12H10N.Ir/c1-12-9-13-10-18-16(11-19(13)23-12)14-5-4-6-15(20(14)22-18)17-7-2-3-8-21-17;1-10-7-8-12(13-9-10)11-5-3-2-4-6-11;/h2-5,7-11H,1H3;2-5,7-9H,1H3;/q2*-1;/i2D,3D,7D,8D;;. The largest absolute Gasteiger partial charge is 0.501 e. The summed E-state index contributed by atoms with van der Waals surface area (Å²) in [5.41, 5.74) is 5.04. The number of furan rings is 1. The fraction of sp³-hybridized carbons (Fsp3) is 0.0625. The van der Waals surface area contributed by atoms with E-state index < -0.39 is 0 Å². The van der Waals surface area contributed by atoms with E-state index in [0.29, 0.717) is 11.1 Å². The number of thiophene rings is 1. The van der Waals surface area contributed by atoms with Crippen molar-refractivity contribution in [2.45, 2.75) is 13.8 Å². The normalized spacial score (nSPS) is 12.3. The van der Waals surface area contributed by atoms with Crippen LogP contribution in [0.15, 0.2) is 102 Å². The van der Waals surface area contributed by atoms with Crippen LogP contribution in [0.2, 0.25) is 0 Å². The Morgan fingerprint density at radius 3 is 2.62 bits per heavy atom. The van der Waals surface area contributed by atoms with Gasteiger partial charge in [-0.25, -0.2) is 0 Å². The maximum Gasteiger partial charge on any atom is 0.121 e. The molecule has 0 spiro atoms. The van der Waals surface area contributed by atoms with Gasteiger partial charge in [0, 0.05) is 47.4 Å². The maximum absolute atomic E-state index is 8.18. The molecule has 0 N–H and O–H groups in total. The summed E-state index contributed by atoms with van der Waals surface area (Å²) >= 11 is 1.73. The van der Waals surface area contributed by atoms with E-state index in [1.807, 2.05) is 55.6 Å². The smallest absolute Gasteiger partial charge is 0.121 e. The quantitative estimate of drug-likeness (QED) is 0.172. The molecule has 0 fully saturated rings. The first-order valence-electron chi connectivity index (χ1n) is 13.4. The summed E-state index contributed by atoms with van der Waals surface area (Å²) < 4.78 is 38.9. The molecule has 0 aliphatic rings. The number of aromatic nitrogens is 2. The van der Waals surface area contributed by atoms with Gasteiger partial charge in [0.2, 0.25) is 0 Å². The Morgan fingerprint density at radius 1 is 0.892 bits per heavy atom. The van der Waals surface area contributed by atoms with Gasteiger partial charge in [-0.3, -0.25) is 0 Å². The third kappa shape index (κ3) is 5.12. The second-order valence-corrected chi connectivity index (χ2v) is 9.67. The van der Waals surface area contributed by atoms with Crippen LogP contribution < -0.4 is 0 Å². The Kier molecular flexibility index (Phi) is 5.95. The summed E-state index contributed by atoms with van der Waals surface area (Å²) in [6.07, 6.45) is 1.54. The second kappa shape index (κ2) is 10.8. The number of fused-ring (bicyclic) bond motifs is 4. The van der Waals surface area contributed by atoms with Crippen LogP contribution in [0.5, 0.6) is 0 Å². The van der Waals surface area contributed by atoms with Crippen molar-refractivity contribution in [3.8, 4) is 22.5 Å². The van der Waals surface area contributed by atoms with E-state index in [2.05, 4.69) is 47.2 Å². The number of benzene rings is 3. The zero-order valence-corrected chi connectivity index (χ0v) is 23.2. The molecular weight excluding hydrogens is 653 g/mol. The van der Waals surface area contributed by atoms with Crippen molar-refractivity contribution in [3.05, 3.63) is 120 Å². The van der Waals surface area contributed by atoms with Gasteiger partial charge in [0.05, 0.1) is 11.1 Å². The van der Waals surface area contributed by atoms with Gasteiger partial charge in [-0.1, -0.05) is 35.2 Å².